The Morgan fingerprint density at radius 3 is 2.71 bits per heavy atom. The van der Waals surface area contributed by atoms with Gasteiger partial charge in [-0.15, -0.1) is 0 Å². The van der Waals surface area contributed by atoms with E-state index < -0.39 is 11.9 Å². The summed E-state index contributed by atoms with van der Waals surface area (Å²) >= 11 is 0. The van der Waals surface area contributed by atoms with Crippen LogP contribution in [0.25, 0.3) is 0 Å². The van der Waals surface area contributed by atoms with Crippen LogP contribution in [0.5, 0.6) is 0 Å². The molecule has 2 heterocycles. The molecule has 1 aromatic rings. The van der Waals surface area contributed by atoms with E-state index in [0.29, 0.717) is 44.3 Å². The van der Waals surface area contributed by atoms with Gasteiger partial charge in [-0.3, -0.25) is 4.90 Å². The van der Waals surface area contributed by atoms with Gasteiger partial charge in [0.05, 0.1) is 43.8 Å². The lowest BCUT2D eigenvalue weighted by molar-refractivity contribution is 0.122. The third kappa shape index (κ3) is 3.25. The van der Waals surface area contributed by atoms with Gasteiger partial charge in [-0.05, 0) is 18.2 Å². The van der Waals surface area contributed by atoms with E-state index in [1.54, 1.807) is 12.1 Å². The third-order valence-electron chi connectivity index (χ3n) is 3.61. The topological polar surface area (TPSA) is 65.5 Å². The maximum atomic E-state index is 14.3. The van der Waals surface area contributed by atoms with Gasteiger partial charge < -0.3 is 19.5 Å². The second kappa shape index (κ2) is 5.87. The van der Waals surface area contributed by atoms with Gasteiger partial charge in [-0.25, -0.2) is 9.18 Å². The normalized spacial score (nSPS) is 21.2. The first kappa shape index (κ1) is 14.1. The van der Waals surface area contributed by atoms with Crippen LogP contribution in [0.4, 0.5) is 20.6 Å². The molecule has 2 aliphatic heterocycles. The molecular weight excluding hydrogens is 279 g/mol. The SMILES string of the molecule is O=C(O)N(C[C@@H]1CO1)c1ccc(N2CCOCC2)c(F)c1. The summed E-state index contributed by atoms with van der Waals surface area (Å²) in [5.74, 6) is -0.419. The molecule has 0 spiro atoms. The number of carboxylic acid groups (broad SMARTS) is 1. The average molecular weight is 296 g/mol. The van der Waals surface area contributed by atoms with Gasteiger partial charge in [0.15, 0.2) is 0 Å². The molecule has 0 aromatic heterocycles. The Bertz CT molecular complexity index is 530. The number of epoxide rings is 1. The van der Waals surface area contributed by atoms with Crippen LogP contribution in [-0.2, 0) is 9.47 Å². The van der Waals surface area contributed by atoms with E-state index in [4.69, 9.17) is 9.47 Å². The summed E-state index contributed by atoms with van der Waals surface area (Å²) in [6.45, 7) is 3.19. The average Bonchev–Trinajstić information content (AvgIpc) is 3.29. The second-order valence-corrected chi connectivity index (χ2v) is 5.08. The number of hydrogen-bond acceptors (Lipinski definition) is 4. The summed E-state index contributed by atoms with van der Waals surface area (Å²) in [6, 6.07) is 4.52. The van der Waals surface area contributed by atoms with Gasteiger partial charge in [0, 0.05) is 13.1 Å². The first-order valence-electron chi connectivity index (χ1n) is 6.89. The van der Waals surface area contributed by atoms with Crippen molar-refractivity contribution in [2.75, 3.05) is 49.3 Å². The van der Waals surface area contributed by atoms with Crippen LogP contribution in [0.15, 0.2) is 18.2 Å². The molecule has 21 heavy (non-hydrogen) atoms. The van der Waals surface area contributed by atoms with E-state index in [1.165, 1.54) is 6.07 Å². The lowest BCUT2D eigenvalue weighted by atomic mass is 10.2. The number of carbonyl (C=O) groups is 1. The third-order valence-corrected chi connectivity index (χ3v) is 3.61. The fourth-order valence-electron chi connectivity index (χ4n) is 2.40. The van der Waals surface area contributed by atoms with Crippen molar-refractivity contribution in [1.82, 2.24) is 0 Å². The van der Waals surface area contributed by atoms with Crippen molar-refractivity contribution in [2.45, 2.75) is 6.10 Å². The number of morpholine rings is 1. The van der Waals surface area contributed by atoms with Crippen molar-refractivity contribution < 1.29 is 23.8 Å². The van der Waals surface area contributed by atoms with Crippen molar-refractivity contribution in [3.63, 3.8) is 0 Å². The highest BCUT2D eigenvalue weighted by molar-refractivity contribution is 5.86. The molecule has 0 radical (unpaired) electrons. The van der Waals surface area contributed by atoms with Crippen molar-refractivity contribution in [1.29, 1.82) is 0 Å². The molecule has 1 atom stereocenters. The fraction of sp³-hybridized carbons (Fsp3) is 0.500. The zero-order valence-electron chi connectivity index (χ0n) is 11.5. The van der Waals surface area contributed by atoms with Crippen LogP contribution >= 0.6 is 0 Å². The maximum Gasteiger partial charge on any atom is 0.411 e. The summed E-state index contributed by atoms with van der Waals surface area (Å²) < 4.78 is 24.6. The van der Waals surface area contributed by atoms with Crippen LogP contribution < -0.4 is 9.80 Å². The molecule has 0 bridgehead atoms. The number of anilines is 2. The first-order valence-corrected chi connectivity index (χ1v) is 6.89. The molecule has 1 aromatic carbocycles. The monoisotopic (exact) mass is 296 g/mol. The molecule has 6 nitrogen and oxygen atoms in total. The zero-order valence-corrected chi connectivity index (χ0v) is 11.5. The fourth-order valence-corrected chi connectivity index (χ4v) is 2.40. The van der Waals surface area contributed by atoms with Crippen LogP contribution in [0.3, 0.4) is 0 Å². The Morgan fingerprint density at radius 2 is 2.14 bits per heavy atom. The standard InChI is InChI=1S/C14H17FN2O4/c15-12-7-10(17(14(18)19)8-11-9-21-11)1-2-13(12)16-3-5-20-6-4-16/h1-2,7,11H,3-6,8-9H2,(H,18,19)/t11-/m1/s1. The minimum absolute atomic E-state index is 0.0805. The van der Waals surface area contributed by atoms with Crippen LogP contribution in [0.1, 0.15) is 0 Å². The molecule has 2 aliphatic rings. The second-order valence-electron chi connectivity index (χ2n) is 5.08. The summed E-state index contributed by atoms with van der Waals surface area (Å²) in [6.07, 6.45) is -1.19. The molecule has 0 saturated carbocycles. The van der Waals surface area contributed by atoms with Crippen LogP contribution in [0.2, 0.25) is 0 Å². The largest absolute Gasteiger partial charge is 0.465 e. The van der Waals surface area contributed by atoms with Crippen LogP contribution in [-0.4, -0.2) is 56.8 Å². The van der Waals surface area contributed by atoms with Gasteiger partial charge in [0.1, 0.15) is 5.82 Å². The highest BCUT2D eigenvalue weighted by Gasteiger charge is 2.29. The van der Waals surface area contributed by atoms with E-state index in [1.807, 2.05) is 4.90 Å². The molecule has 3 rings (SSSR count). The van der Waals surface area contributed by atoms with E-state index in [2.05, 4.69) is 0 Å². The number of hydrogen-bond donors (Lipinski definition) is 1. The molecule has 7 heteroatoms. The number of nitrogens with zero attached hydrogens (tertiary/aromatic N) is 2. The smallest absolute Gasteiger partial charge is 0.411 e. The van der Waals surface area contributed by atoms with Gasteiger partial charge in [-0.2, -0.15) is 0 Å². The van der Waals surface area contributed by atoms with E-state index in [0.717, 1.165) is 4.90 Å². The summed E-state index contributed by atoms with van der Waals surface area (Å²) in [5.41, 5.74) is 0.808. The summed E-state index contributed by atoms with van der Waals surface area (Å²) in [5, 5.41) is 9.23. The van der Waals surface area contributed by atoms with Gasteiger partial charge in [-0.1, -0.05) is 0 Å². The quantitative estimate of drug-likeness (QED) is 0.854. The van der Waals surface area contributed by atoms with Crippen molar-refractivity contribution in [3.05, 3.63) is 24.0 Å². The van der Waals surface area contributed by atoms with Gasteiger partial charge in [0.2, 0.25) is 0 Å². The number of ether oxygens (including phenoxy) is 2. The molecule has 0 aliphatic carbocycles. The molecule has 114 valence electrons. The van der Waals surface area contributed by atoms with Crippen molar-refractivity contribution >= 4 is 17.5 Å². The molecule has 2 saturated heterocycles. The minimum Gasteiger partial charge on any atom is -0.465 e. The zero-order chi connectivity index (χ0) is 14.8. The number of benzene rings is 1. The number of rotatable bonds is 4. The molecule has 1 N–H and O–H groups in total. The Labute approximate surface area is 121 Å². The summed E-state index contributed by atoms with van der Waals surface area (Å²) in [7, 11) is 0. The summed E-state index contributed by atoms with van der Waals surface area (Å²) in [4.78, 5) is 14.3. The lowest BCUT2D eigenvalue weighted by Gasteiger charge is -2.29. The highest BCUT2D eigenvalue weighted by Crippen LogP contribution is 2.27. The number of amides is 1. The predicted octanol–water partition coefficient (Wildman–Crippen LogP) is 1.55. The van der Waals surface area contributed by atoms with Crippen LogP contribution in [0, 0.1) is 5.82 Å². The first-order chi connectivity index (χ1) is 10.1. The lowest BCUT2D eigenvalue weighted by Crippen LogP contribution is -2.37. The van der Waals surface area contributed by atoms with E-state index in [-0.39, 0.29) is 12.6 Å². The Morgan fingerprint density at radius 1 is 1.43 bits per heavy atom. The van der Waals surface area contributed by atoms with E-state index >= 15 is 0 Å². The number of halogens is 1. The molecule has 0 unspecified atom stereocenters. The minimum atomic E-state index is -1.11. The molecular formula is C14H17FN2O4. The molecule has 1 amide bonds. The Kier molecular flexibility index (Phi) is 3.94. The Hall–Kier alpha value is -1.86. The predicted molar refractivity (Wildman–Crippen MR) is 74.5 cm³/mol. The Balaban J connectivity index is 1.79. The highest BCUT2D eigenvalue weighted by atomic mass is 19.1. The van der Waals surface area contributed by atoms with Gasteiger partial charge >= 0.3 is 6.09 Å². The van der Waals surface area contributed by atoms with Crippen molar-refractivity contribution in [2.24, 2.45) is 0 Å². The van der Waals surface area contributed by atoms with Crippen molar-refractivity contribution in [3.8, 4) is 0 Å². The van der Waals surface area contributed by atoms with E-state index in [9.17, 15) is 14.3 Å². The maximum absolute atomic E-state index is 14.3. The van der Waals surface area contributed by atoms with Gasteiger partial charge in [0.25, 0.3) is 0 Å². The molecule has 2 fully saturated rings.